The zero-order valence-corrected chi connectivity index (χ0v) is 22.7. The van der Waals surface area contributed by atoms with Gasteiger partial charge in [-0.3, -0.25) is 9.10 Å². The Bertz CT molecular complexity index is 1370. The monoisotopic (exact) mass is 559 g/mol. The lowest BCUT2D eigenvalue weighted by atomic mass is 9.98. The first-order chi connectivity index (χ1) is 18.4. The van der Waals surface area contributed by atoms with Crippen LogP contribution in [0.4, 0.5) is 24.5 Å². The van der Waals surface area contributed by atoms with E-state index in [2.05, 4.69) is 17.1 Å². The minimum absolute atomic E-state index is 0.133. The molecule has 0 aromatic heterocycles. The van der Waals surface area contributed by atoms with Crippen molar-refractivity contribution in [3.63, 3.8) is 0 Å². The summed E-state index contributed by atoms with van der Waals surface area (Å²) in [5.74, 6) is 0.0745. The Kier molecular flexibility index (Phi) is 8.54. The van der Waals surface area contributed by atoms with Crippen molar-refractivity contribution in [1.29, 1.82) is 0 Å². The summed E-state index contributed by atoms with van der Waals surface area (Å²) in [7, 11) is -4.33. The van der Waals surface area contributed by atoms with E-state index in [0.29, 0.717) is 4.31 Å². The van der Waals surface area contributed by atoms with Gasteiger partial charge in [-0.15, -0.1) is 0 Å². The van der Waals surface area contributed by atoms with Gasteiger partial charge >= 0.3 is 6.18 Å². The lowest BCUT2D eigenvalue weighted by Crippen LogP contribution is -2.41. The van der Waals surface area contributed by atoms with Crippen LogP contribution in [0.3, 0.4) is 0 Å². The van der Waals surface area contributed by atoms with Crippen LogP contribution in [0, 0.1) is 5.92 Å². The van der Waals surface area contributed by atoms with Gasteiger partial charge in [0.15, 0.2) is 0 Å². The molecule has 0 spiro atoms. The summed E-state index contributed by atoms with van der Waals surface area (Å²) in [5, 5.41) is 2.79. The van der Waals surface area contributed by atoms with Crippen LogP contribution in [0.25, 0.3) is 0 Å². The molecule has 39 heavy (non-hydrogen) atoms. The van der Waals surface area contributed by atoms with E-state index in [1.165, 1.54) is 30.3 Å². The number of anilines is 2. The molecule has 1 fully saturated rings. The van der Waals surface area contributed by atoms with Gasteiger partial charge < -0.3 is 10.2 Å². The highest BCUT2D eigenvalue weighted by Crippen LogP contribution is 2.33. The Morgan fingerprint density at radius 2 is 1.64 bits per heavy atom. The second-order valence-electron chi connectivity index (χ2n) is 9.92. The molecule has 0 bridgehead atoms. The second kappa shape index (κ2) is 11.7. The molecule has 3 aromatic carbocycles. The smallest absolute Gasteiger partial charge is 0.372 e. The highest BCUT2D eigenvalue weighted by Gasteiger charge is 2.33. The molecule has 3 aromatic rings. The largest absolute Gasteiger partial charge is 0.416 e. The summed E-state index contributed by atoms with van der Waals surface area (Å²) in [4.78, 5) is 15.3. The van der Waals surface area contributed by atoms with E-state index in [1.807, 2.05) is 24.3 Å². The molecule has 208 valence electrons. The maximum Gasteiger partial charge on any atom is 0.416 e. The number of nitrogens with one attached hydrogen (secondary N) is 1. The molecule has 1 saturated heterocycles. The van der Waals surface area contributed by atoms with E-state index in [4.69, 9.17) is 0 Å². The third kappa shape index (κ3) is 6.92. The average Bonchev–Trinajstić information content (AvgIpc) is 2.92. The van der Waals surface area contributed by atoms with Crippen molar-refractivity contribution in [2.45, 2.75) is 43.8 Å². The Balaban J connectivity index is 1.53. The maximum atomic E-state index is 13.5. The number of amides is 1. The standard InChI is InChI=1S/C29H32F3N3O3S/c1-21-15-17-34(18-16-21)25-13-11-23(12-14-25)22(2)33-28(36)20-35(39(37,38)27-9-4-3-5-10-27)26-8-6-7-24(19-26)29(30,31)32/h3-14,19,21-22H,15-18,20H2,1-2H3,(H,33,36). The Morgan fingerprint density at radius 1 is 1.00 bits per heavy atom. The van der Waals surface area contributed by atoms with Gasteiger partial charge in [-0.25, -0.2) is 8.42 Å². The molecule has 1 aliphatic rings. The van der Waals surface area contributed by atoms with Crippen molar-refractivity contribution in [3.05, 3.63) is 90.0 Å². The fraction of sp³-hybridized carbons (Fsp3) is 0.345. The highest BCUT2D eigenvalue weighted by molar-refractivity contribution is 7.92. The Morgan fingerprint density at radius 3 is 2.26 bits per heavy atom. The summed E-state index contributed by atoms with van der Waals surface area (Å²) in [6.07, 6.45) is -2.39. The van der Waals surface area contributed by atoms with Crippen molar-refractivity contribution in [2.75, 3.05) is 28.8 Å². The molecule has 0 radical (unpaired) electrons. The third-order valence-corrected chi connectivity index (χ3v) is 8.79. The number of carbonyl (C=O) groups excluding carboxylic acids is 1. The lowest BCUT2D eigenvalue weighted by Gasteiger charge is -2.32. The number of hydrogen-bond donors (Lipinski definition) is 1. The SMILES string of the molecule is CC1CCN(c2ccc(C(C)NC(=O)CN(c3cccc(C(F)(F)F)c3)S(=O)(=O)c3ccccc3)cc2)CC1. The van der Waals surface area contributed by atoms with E-state index in [1.54, 1.807) is 13.0 Å². The molecule has 0 aliphatic carbocycles. The molecule has 1 atom stereocenters. The maximum absolute atomic E-state index is 13.5. The number of sulfonamides is 1. The topological polar surface area (TPSA) is 69.7 Å². The molecular weight excluding hydrogens is 527 g/mol. The number of halogens is 3. The van der Waals surface area contributed by atoms with Crippen molar-refractivity contribution >= 4 is 27.3 Å². The van der Waals surface area contributed by atoms with Gasteiger partial charge in [0, 0.05) is 18.8 Å². The fourth-order valence-electron chi connectivity index (χ4n) is 4.61. The first-order valence-electron chi connectivity index (χ1n) is 12.8. The van der Waals surface area contributed by atoms with Gasteiger partial charge in [0.05, 0.1) is 22.2 Å². The number of carbonyl (C=O) groups is 1. The lowest BCUT2D eigenvalue weighted by molar-refractivity contribution is -0.137. The quantitative estimate of drug-likeness (QED) is 0.367. The molecule has 4 rings (SSSR count). The highest BCUT2D eigenvalue weighted by atomic mass is 32.2. The van der Waals surface area contributed by atoms with Gasteiger partial charge in [-0.05, 0) is 73.7 Å². The summed E-state index contributed by atoms with van der Waals surface area (Å²) < 4.78 is 67.8. The van der Waals surface area contributed by atoms with E-state index in [0.717, 1.165) is 61.3 Å². The van der Waals surface area contributed by atoms with E-state index >= 15 is 0 Å². The minimum atomic E-state index is -4.67. The molecule has 1 amide bonds. The predicted molar refractivity (Wildman–Crippen MR) is 146 cm³/mol. The van der Waals surface area contributed by atoms with Gasteiger partial charge in [-0.2, -0.15) is 13.2 Å². The van der Waals surface area contributed by atoms with Crippen LogP contribution in [0.1, 0.15) is 43.9 Å². The van der Waals surface area contributed by atoms with Crippen LogP contribution in [-0.4, -0.2) is 34.0 Å². The van der Waals surface area contributed by atoms with Crippen molar-refractivity contribution in [3.8, 4) is 0 Å². The number of nitrogens with zero attached hydrogens (tertiary/aromatic N) is 2. The molecule has 1 heterocycles. The number of piperidine rings is 1. The number of rotatable bonds is 8. The fourth-order valence-corrected chi connectivity index (χ4v) is 6.05. The zero-order chi connectivity index (χ0) is 28.2. The Hall–Kier alpha value is -3.53. The third-order valence-electron chi connectivity index (χ3n) is 7.00. The molecule has 1 N–H and O–H groups in total. The summed E-state index contributed by atoms with van der Waals surface area (Å²) in [6.45, 7) is 5.33. The number of alkyl halides is 3. The van der Waals surface area contributed by atoms with Crippen LogP contribution in [-0.2, 0) is 21.0 Å². The molecular formula is C29H32F3N3O3S. The number of benzene rings is 3. The molecule has 6 nitrogen and oxygen atoms in total. The summed E-state index contributed by atoms with van der Waals surface area (Å²) in [6, 6.07) is 18.7. The van der Waals surface area contributed by atoms with Gasteiger partial charge in [0.1, 0.15) is 6.54 Å². The second-order valence-corrected chi connectivity index (χ2v) is 11.8. The zero-order valence-electron chi connectivity index (χ0n) is 21.9. The normalized spacial score (nSPS) is 15.6. The molecule has 0 saturated carbocycles. The van der Waals surface area contributed by atoms with Gasteiger partial charge in [0.2, 0.25) is 5.91 Å². The first-order valence-corrected chi connectivity index (χ1v) is 14.3. The molecule has 1 aliphatic heterocycles. The van der Waals surface area contributed by atoms with E-state index in [9.17, 15) is 26.4 Å². The van der Waals surface area contributed by atoms with Crippen molar-refractivity contribution in [1.82, 2.24) is 5.32 Å². The minimum Gasteiger partial charge on any atom is -0.372 e. The predicted octanol–water partition coefficient (Wildman–Crippen LogP) is 6.01. The van der Waals surface area contributed by atoms with Crippen molar-refractivity contribution < 1.29 is 26.4 Å². The average molecular weight is 560 g/mol. The molecule has 1 unspecified atom stereocenters. The van der Waals surface area contributed by atoms with Crippen molar-refractivity contribution in [2.24, 2.45) is 5.92 Å². The Labute approximate surface area is 227 Å². The van der Waals surface area contributed by atoms with Crippen LogP contribution in [0.15, 0.2) is 83.8 Å². The summed E-state index contributed by atoms with van der Waals surface area (Å²) >= 11 is 0. The molecule has 10 heteroatoms. The van der Waals surface area contributed by atoms with Gasteiger partial charge in [-0.1, -0.05) is 43.3 Å². The van der Waals surface area contributed by atoms with Gasteiger partial charge in [0.25, 0.3) is 10.0 Å². The van der Waals surface area contributed by atoms with E-state index in [-0.39, 0.29) is 10.6 Å². The first kappa shape index (κ1) is 28.5. The number of hydrogen-bond acceptors (Lipinski definition) is 4. The van der Waals surface area contributed by atoms with Crippen LogP contribution in [0.5, 0.6) is 0 Å². The van der Waals surface area contributed by atoms with Crippen LogP contribution >= 0.6 is 0 Å². The van der Waals surface area contributed by atoms with E-state index < -0.39 is 40.3 Å². The van der Waals surface area contributed by atoms with Crippen LogP contribution in [0.2, 0.25) is 0 Å². The summed E-state index contributed by atoms with van der Waals surface area (Å²) in [5.41, 5.74) is 0.671. The van der Waals surface area contributed by atoms with Crippen LogP contribution < -0.4 is 14.5 Å².